The molecule has 1 heterocycles. The third kappa shape index (κ3) is 3.77. The van der Waals surface area contributed by atoms with Crippen LogP contribution in [-0.4, -0.2) is 48.6 Å². The summed E-state index contributed by atoms with van der Waals surface area (Å²) in [5.74, 6) is 0.745. The second-order valence-corrected chi connectivity index (χ2v) is 5.51. The summed E-state index contributed by atoms with van der Waals surface area (Å²) in [6, 6.07) is 3.34. The molecule has 2 unspecified atom stereocenters. The highest BCUT2D eigenvalue weighted by molar-refractivity contribution is 4.91. The molecule has 16 heavy (non-hydrogen) atoms. The van der Waals surface area contributed by atoms with Gasteiger partial charge in [0.2, 0.25) is 0 Å². The quantitative estimate of drug-likeness (QED) is 0.730. The van der Waals surface area contributed by atoms with Crippen LogP contribution in [0.1, 0.15) is 33.6 Å². The molecule has 0 N–H and O–H groups in total. The predicted octanol–water partition coefficient (Wildman–Crippen LogP) is 1.95. The highest BCUT2D eigenvalue weighted by atomic mass is 15.3. The smallest absolute Gasteiger partial charge is 0.0638 e. The highest BCUT2D eigenvalue weighted by Gasteiger charge is 2.29. The minimum Gasteiger partial charge on any atom is -0.303 e. The van der Waals surface area contributed by atoms with Gasteiger partial charge in [-0.15, -0.1) is 0 Å². The van der Waals surface area contributed by atoms with Crippen LogP contribution in [0.2, 0.25) is 0 Å². The molecule has 0 radical (unpaired) electrons. The van der Waals surface area contributed by atoms with Crippen LogP contribution in [0.3, 0.4) is 0 Å². The van der Waals surface area contributed by atoms with Gasteiger partial charge in [-0.3, -0.25) is 4.90 Å². The van der Waals surface area contributed by atoms with Crippen molar-refractivity contribution in [2.45, 2.75) is 45.7 Å². The summed E-state index contributed by atoms with van der Waals surface area (Å²) < 4.78 is 0. The lowest BCUT2D eigenvalue weighted by molar-refractivity contribution is 0.0422. The SMILES string of the molecule is CC(C)CCN1C(C)CN(C)CC1CC#N. The fraction of sp³-hybridized carbons (Fsp3) is 0.923. The van der Waals surface area contributed by atoms with Crippen molar-refractivity contribution in [2.75, 3.05) is 26.7 Å². The maximum atomic E-state index is 8.89. The largest absolute Gasteiger partial charge is 0.303 e. The molecule has 1 saturated heterocycles. The summed E-state index contributed by atoms with van der Waals surface area (Å²) in [4.78, 5) is 4.88. The van der Waals surface area contributed by atoms with Crippen LogP contribution in [0.5, 0.6) is 0 Å². The van der Waals surface area contributed by atoms with Crippen LogP contribution >= 0.6 is 0 Å². The fourth-order valence-electron chi connectivity index (χ4n) is 2.55. The summed E-state index contributed by atoms with van der Waals surface area (Å²) >= 11 is 0. The second-order valence-electron chi connectivity index (χ2n) is 5.51. The van der Waals surface area contributed by atoms with Gasteiger partial charge in [0.15, 0.2) is 0 Å². The average molecular weight is 223 g/mol. The molecule has 3 nitrogen and oxygen atoms in total. The standard InChI is InChI=1S/C13H25N3/c1-11(2)6-8-16-12(3)9-15(4)10-13(16)5-7-14/h11-13H,5-6,8-10H2,1-4H3. The van der Waals surface area contributed by atoms with Crippen molar-refractivity contribution < 1.29 is 0 Å². The molecule has 0 bridgehead atoms. The third-order valence-corrected chi connectivity index (χ3v) is 3.43. The van der Waals surface area contributed by atoms with Gasteiger partial charge in [-0.1, -0.05) is 13.8 Å². The van der Waals surface area contributed by atoms with Crippen LogP contribution in [0, 0.1) is 17.2 Å². The Bertz CT molecular complexity index is 244. The number of nitrogens with zero attached hydrogens (tertiary/aromatic N) is 3. The molecule has 0 saturated carbocycles. The van der Waals surface area contributed by atoms with E-state index in [1.54, 1.807) is 0 Å². The highest BCUT2D eigenvalue weighted by Crippen LogP contribution is 2.18. The van der Waals surface area contributed by atoms with Crippen molar-refractivity contribution in [1.29, 1.82) is 5.26 Å². The maximum absolute atomic E-state index is 8.89. The monoisotopic (exact) mass is 223 g/mol. The lowest BCUT2D eigenvalue weighted by atomic mass is 10.0. The number of piperazine rings is 1. The van der Waals surface area contributed by atoms with Gasteiger partial charge in [0, 0.05) is 25.2 Å². The van der Waals surface area contributed by atoms with E-state index < -0.39 is 0 Å². The minimum atomic E-state index is 0.428. The summed E-state index contributed by atoms with van der Waals surface area (Å²) in [6.07, 6.45) is 1.89. The van der Waals surface area contributed by atoms with E-state index in [0.717, 1.165) is 25.6 Å². The van der Waals surface area contributed by atoms with Gasteiger partial charge in [0.05, 0.1) is 12.5 Å². The zero-order valence-electron chi connectivity index (χ0n) is 11.1. The molecule has 0 aliphatic carbocycles. The van der Waals surface area contributed by atoms with Crippen molar-refractivity contribution in [2.24, 2.45) is 5.92 Å². The molecule has 1 aliphatic rings. The zero-order valence-corrected chi connectivity index (χ0v) is 11.1. The van der Waals surface area contributed by atoms with Gasteiger partial charge in [0.1, 0.15) is 0 Å². The molecule has 0 aromatic heterocycles. The average Bonchev–Trinajstić information content (AvgIpc) is 2.16. The Hall–Kier alpha value is -0.590. The van der Waals surface area contributed by atoms with Crippen LogP contribution < -0.4 is 0 Å². The molecule has 0 aromatic rings. The summed E-state index contributed by atoms with van der Waals surface area (Å²) in [5.41, 5.74) is 0. The van der Waals surface area contributed by atoms with Crippen LogP contribution in [-0.2, 0) is 0 Å². The predicted molar refractivity (Wildman–Crippen MR) is 67.1 cm³/mol. The Kier molecular flexibility index (Phi) is 5.24. The topological polar surface area (TPSA) is 30.3 Å². The minimum absolute atomic E-state index is 0.428. The maximum Gasteiger partial charge on any atom is 0.0638 e. The molecular weight excluding hydrogens is 198 g/mol. The van der Waals surface area contributed by atoms with E-state index in [0.29, 0.717) is 18.5 Å². The first kappa shape index (κ1) is 13.5. The molecule has 3 heteroatoms. The molecule has 1 fully saturated rings. The molecule has 1 aliphatic heterocycles. The third-order valence-electron chi connectivity index (χ3n) is 3.43. The molecule has 0 aromatic carbocycles. The van der Waals surface area contributed by atoms with Gasteiger partial charge < -0.3 is 4.90 Å². The molecule has 0 spiro atoms. The van der Waals surface area contributed by atoms with Crippen molar-refractivity contribution in [3.05, 3.63) is 0 Å². The van der Waals surface area contributed by atoms with Gasteiger partial charge >= 0.3 is 0 Å². The lowest BCUT2D eigenvalue weighted by Crippen LogP contribution is -2.56. The van der Waals surface area contributed by atoms with E-state index in [-0.39, 0.29) is 0 Å². The summed E-state index contributed by atoms with van der Waals surface area (Å²) in [5, 5.41) is 8.89. The van der Waals surface area contributed by atoms with E-state index in [4.69, 9.17) is 5.26 Å². The lowest BCUT2D eigenvalue weighted by Gasteiger charge is -2.44. The number of likely N-dealkylation sites (N-methyl/N-ethyl adjacent to an activating group) is 1. The number of nitriles is 1. The number of hydrogen-bond donors (Lipinski definition) is 0. The second kappa shape index (κ2) is 6.22. The normalized spacial score (nSPS) is 28.2. The molecular formula is C13H25N3. The Labute approximate surface area is 100 Å². The van der Waals surface area contributed by atoms with Crippen molar-refractivity contribution in [1.82, 2.24) is 9.80 Å². The van der Waals surface area contributed by atoms with E-state index in [1.165, 1.54) is 6.42 Å². The Morgan fingerprint density at radius 2 is 2.06 bits per heavy atom. The molecule has 1 rings (SSSR count). The van der Waals surface area contributed by atoms with Gasteiger partial charge in [-0.25, -0.2) is 0 Å². The van der Waals surface area contributed by atoms with Crippen molar-refractivity contribution in [3.8, 4) is 6.07 Å². The number of hydrogen-bond acceptors (Lipinski definition) is 3. The van der Waals surface area contributed by atoms with Crippen LogP contribution in [0.15, 0.2) is 0 Å². The van der Waals surface area contributed by atoms with E-state index >= 15 is 0 Å². The van der Waals surface area contributed by atoms with Gasteiger partial charge in [-0.2, -0.15) is 5.26 Å². The Morgan fingerprint density at radius 3 is 2.62 bits per heavy atom. The van der Waals surface area contributed by atoms with Crippen molar-refractivity contribution in [3.63, 3.8) is 0 Å². The van der Waals surface area contributed by atoms with Crippen molar-refractivity contribution >= 4 is 0 Å². The first-order valence-corrected chi connectivity index (χ1v) is 6.35. The van der Waals surface area contributed by atoms with E-state index in [1.807, 2.05) is 0 Å². The van der Waals surface area contributed by atoms with Crippen LogP contribution in [0.4, 0.5) is 0 Å². The zero-order chi connectivity index (χ0) is 12.1. The summed E-state index contributed by atoms with van der Waals surface area (Å²) in [6.45, 7) is 10.1. The van der Waals surface area contributed by atoms with E-state index in [2.05, 4.69) is 43.7 Å². The van der Waals surface area contributed by atoms with Gasteiger partial charge in [-0.05, 0) is 32.9 Å². The Morgan fingerprint density at radius 1 is 1.38 bits per heavy atom. The first-order valence-electron chi connectivity index (χ1n) is 6.35. The van der Waals surface area contributed by atoms with Crippen LogP contribution in [0.25, 0.3) is 0 Å². The Balaban J connectivity index is 2.57. The first-order chi connectivity index (χ1) is 7.54. The molecule has 92 valence electrons. The fourth-order valence-corrected chi connectivity index (χ4v) is 2.55. The molecule has 0 amide bonds. The molecule has 2 atom stereocenters. The summed E-state index contributed by atoms with van der Waals surface area (Å²) in [7, 11) is 2.15. The van der Waals surface area contributed by atoms with Gasteiger partial charge in [0.25, 0.3) is 0 Å². The van der Waals surface area contributed by atoms with E-state index in [9.17, 15) is 0 Å². The number of rotatable bonds is 4.